The van der Waals surface area contributed by atoms with Gasteiger partial charge in [-0.25, -0.2) is 0 Å². The summed E-state index contributed by atoms with van der Waals surface area (Å²) >= 11 is 3.44. The summed E-state index contributed by atoms with van der Waals surface area (Å²) in [6, 6.07) is 9.21. The molecule has 1 heterocycles. The van der Waals surface area contributed by atoms with E-state index in [2.05, 4.69) is 42.8 Å². The molecule has 1 aromatic heterocycles. The second kappa shape index (κ2) is 5.71. The minimum absolute atomic E-state index is 0.465. The predicted molar refractivity (Wildman–Crippen MR) is 75.6 cm³/mol. The van der Waals surface area contributed by atoms with Crippen LogP contribution in [0.5, 0.6) is 0 Å². The Morgan fingerprint density at radius 1 is 1.26 bits per heavy atom. The Morgan fingerprint density at radius 2 is 2.16 bits per heavy atom. The van der Waals surface area contributed by atoms with Crippen molar-refractivity contribution in [3.63, 3.8) is 0 Å². The van der Waals surface area contributed by atoms with Gasteiger partial charge in [0.05, 0.1) is 6.54 Å². The first-order valence-corrected chi connectivity index (χ1v) is 7.13. The third kappa shape index (κ3) is 3.78. The number of halogens is 1. The Bertz CT molecular complexity index is 553. The van der Waals surface area contributed by atoms with E-state index in [4.69, 9.17) is 4.42 Å². The molecule has 100 valence electrons. The van der Waals surface area contributed by atoms with Gasteiger partial charge in [0, 0.05) is 17.1 Å². The summed E-state index contributed by atoms with van der Waals surface area (Å²) in [5.74, 6) is 0.628. The number of nitrogens with zero attached hydrogens (tertiary/aromatic N) is 2. The van der Waals surface area contributed by atoms with Crippen molar-refractivity contribution in [3.05, 3.63) is 40.2 Å². The lowest BCUT2D eigenvalue weighted by Gasteiger charge is -2.02. The molecule has 1 fully saturated rings. The maximum absolute atomic E-state index is 5.51. The monoisotopic (exact) mass is 322 g/mol. The number of hydrogen-bond acceptors (Lipinski definition) is 5. The Kier molecular flexibility index (Phi) is 3.79. The maximum atomic E-state index is 5.51. The molecule has 3 rings (SSSR count). The van der Waals surface area contributed by atoms with E-state index in [9.17, 15) is 0 Å². The first-order chi connectivity index (χ1) is 9.29. The topological polar surface area (TPSA) is 63.0 Å². The molecule has 0 amide bonds. The minimum Gasteiger partial charge on any atom is -0.407 e. The van der Waals surface area contributed by atoms with Crippen LogP contribution in [0.4, 0.5) is 6.01 Å². The van der Waals surface area contributed by atoms with Crippen LogP contribution >= 0.6 is 15.9 Å². The van der Waals surface area contributed by atoms with Crippen molar-refractivity contribution in [2.24, 2.45) is 0 Å². The standard InChI is InChI=1S/C13H15BrN4O/c14-10-3-1-2-9(6-10)7-16-13-18-17-12(19-13)8-15-11-4-5-11/h1-3,6,11,15H,4-5,7-8H2,(H,16,18). The van der Waals surface area contributed by atoms with Gasteiger partial charge < -0.3 is 15.1 Å². The van der Waals surface area contributed by atoms with Crippen molar-refractivity contribution in [1.82, 2.24) is 15.5 Å². The highest BCUT2D eigenvalue weighted by Crippen LogP contribution is 2.19. The van der Waals surface area contributed by atoms with Crippen LogP contribution in [0, 0.1) is 0 Å². The van der Waals surface area contributed by atoms with E-state index in [0.717, 1.165) is 10.0 Å². The van der Waals surface area contributed by atoms with E-state index in [1.807, 2.05) is 18.2 Å². The van der Waals surface area contributed by atoms with E-state index in [1.165, 1.54) is 12.8 Å². The predicted octanol–water partition coefficient (Wildman–Crippen LogP) is 2.70. The molecule has 0 spiro atoms. The van der Waals surface area contributed by atoms with Crippen molar-refractivity contribution < 1.29 is 4.42 Å². The summed E-state index contributed by atoms with van der Waals surface area (Å²) in [6.45, 7) is 1.31. The number of rotatable bonds is 6. The van der Waals surface area contributed by atoms with Gasteiger partial charge in [0.25, 0.3) is 0 Å². The van der Waals surface area contributed by atoms with Crippen LogP contribution in [0.2, 0.25) is 0 Å². The van der Waals surface area contributed by atoms with Gasteiger partial charge >= 0.3 is 6.01 Å². The van der Waals surface area contributed by atoms with Crippen LogP contribution in [0.25, 0.3) is 0 Å². The Labute approximate surface area is 119 Å². The Morgan fingerprint density at radius 3 is 2.95 bits per heavy atom. The largest absolute Gasteiger partial charge is 0.407 e. The quantitative estimate of drug-likeness (QED) is 0.856. The first-order valence-electron chi connectivity index (χ1n) is 6.34. The number of anilines is 1. The second-order valence-electron chi connectivity index (χ2n) is 4.64. The van der Waals surface area contributed by atoms with Crippen molar-refractivity contribution in [2.45, 2.75) is 32.0 Å². The molecular formula is C13H15BrN4O. The summed E-state index contributed by atoms with van der Waals surface area (Å²) in [7, 11) is 0. The molecule has 1 aliphatic carbocycles. The third-order valence-corrected chi connectivity index (χ3v) is 3.41. The molecule has 2 aromatic rings. The Balaban J connectivity index is 1.51. The highest BCUT2D eigenvalue weighted by molar-refractivity contribution is 9.10. The van der Waals surface area contributed by atoms with Gasteiger partial charge in [0.1, 0.15) is 0 Å². The van der Waals surface area contributed by atoms with Crippen molar-refractivity contribution in [1.29, 1.82) is 0 Å². The molecular weight excluding hydrogens is 308 g/mol. The van der Waals surface area contributed by atoms with Crippen LogP contribution in [-0.2, 0) is 13.1 Å². The van der Waals surface area contributed by atoms with Gasteiger partial charge in [0.15, 0.2) is 0 Å². The van der Waals surface area contributed by atoms with Crippen molar-refractivity contribution >= 4 is 21.9 Å². The van der Waals surface area contributed by atoms with Gasteiger partial charge in [-0.1, -0.05) is 33.2 Å². The number of aromatic nitrogens is 2. The summed E-state index contributed by atoms with van der Waals surface area (Å²) in [5.41, 5.74) is 1.16. The fourth-order valence-electron chi connectivity index (χ4n) is 1.74. The average Bonchev–Trinajstić information content (AvgIpc) is 3.13. The highest BCUT2D eigenvalue weighted by Gasteiger charge is 2.21. The van der Waals surface area contributed by atoms with E-state index >= 15 is 0 Å². The van der Waals surface area contributed by atoms with Crippen LogP contribution in [0.15, 0.2) is 33.2 Å². The molecule has 0 aliphatic heterocycles. The lowest BCUT2D eigenvalue weighted by molar-refractivity contribution is 0.475. The number of benzene rings is 1. The SMILES string of the molecule is Brc1cccc(CNc2nnc(CNC3CC3)o2)c1. The summed E-state index contributed by atoms with van der Waals surface area (Å²) in [5, 5.41) is 14.4. The molecule has 0 bridgehead atoms. The normalized spacial score (nSPS) is 14.6. The molecule has 2 N–H and O–H groups in total. The number of hydrogen-bond donors (Lipinski definition) is 2. The molecule has 0 unspecified atom stereocenters. The molecule has 1 aliphatic rings. The van der Waals surface area contributed by atoms with E-state index < -0.39 is 0 Å². The zero-order chi connectivity index (χ0) is 13.1. The molecule has 0 radical (unpaired) electrons. The van der Waals surface area contributed by atoms with Crippen molar-refractivity contribution in [3.8, 4) is 0 Å². The zero-order valence-electron chi connectivity index (χ0n) is 10.4. The zero-order valence-corrected chi connectivity index (χ0v) is 12.0. The maximum Gasteiger partial charge on any atom is 0.315 e. The molecule has 0 saturated heterocycles. The van der Waals surface area contributed by atoms with E-state index in [0.29, 0.717) is 31.0 Å². The van der Waals surface area contributed by atoms with E-state index in [-0.39, 0.29) is 0 Å². The first kappa shape index (κ1) is 12.6. The van der Waals surface area contributed by atoms with Gasteiger partial charge in [-0.15, -0.1) is 5.10 Å². The van der Waals surface area contributed by atoms with Gasteiger partial charge in [-0.2, -0.15) is 0 Å². The lowest BCUT2D eigenvalue weighted by atomic mass is 10.2. The van der Waals surface area contributed by atoms with Crippen molar-refractivity contribution in [2.75, 3.05) is 5.32 Å². The third-order valence-electron chi connectivity index (χ3n) is 2.92. The van der Waals surface area contributed by atoms with Crippen LogP contribution < -0.4 is 10.6 Å². The molecule has 1 saturated carbocycles. The molecule has 5 nitrogen and oxygen atoms in total. The van der Waals surface area contributed by atoms with Crippen LogP contribution in [0.3, 0.4) is 0 Å². The summed E-state index contributed by atoms with van der Waals surface area (Å²) < 4.78 is 6.57. The summed E-state index contributed by atoms with van der Waals surface area (Å²) in [4.78, 5) is 0. The van der Waals surface area contributed by atoms with Crippen LogP contribution in [0.1, 0.15) is 24.3 Å². The van der Waals surface area contributed by atoms with Gasteiger partial charge in [-0.3, -0.25) is 0 Å². The average molecular weight is 323 g/mol. The number of nitrogens with one attached hydrogen (secondary N) is 2. The Hall–Kier alpha value is -1.40. The summed E-state index contributed by atoms with van der Waals surface area (Å²) in [6.07, 6.45) is 2.50. The van der Waals surface area contributed by atoms with Gasteiger partial charge in [0.2, 0.25) is 5.89 Å². The van der Waals surface area contributed by atoms with Gasteiger partial charge in [-0.05, 0) is 30.5 Å². The molecule has 19 heavy (non-hydrogen) atoms. The smallest absolute Gasteiger partial charge is 0.315 e. The lowest BCUT2D eigenvalue weighted by Crippen LogP contribution is -2.15. The van der Waals surface area contributed by atoms with E-state index in [1.54, 1.807) is 0 Å². The van der Waals surface area contributed by atoms with Crippen LogP contribution in [-0.4, -0.2) is 16.2 Å². The minimum atomic E-state index is 0.465. The second-order valence-corrected chi connectivity index (χ2v) is 5.56. The fourth-order valence-corrected chi connectivity index (χ4v) is 2.19. The fraction of sp³-hybridized carbons (Fsp3) is 0.385. The highest BCUT2D eigenvalue weighted by atomic mass is 79.9. The molecule has 6 heteroatoms. The molecule has 1 aromatic carbocycles. The molecule has 0 atom stereocenters.